The normalized spacial score (nSPS) is 23.8. The van der Waals surface area contributed by atoms with Gasteiger partial charge in [-0.1, -0.05) is 13.3 Å². The van der Waals surface area contributed by atoms with E-state index >= 15 is 0 Å². The Morgan fingerprint density at radius 3 is 2.17 bits per heavy atom. The number of carbonyl (C=O) groups excluding carboxylic acids is 1. The molecule has 1 saturated heterocycles. The van der Waals surface area contributed by atoms with E-state index in [4.69, 9.17) is 10.5 Å². The van der Waals surface area contributed by atoms with Gasteiger partial charge in [0.2, 0.25) is 0 Å². The predicted octanol–water partition coefficient (Wildman–Crippen LogP) is 2.90. The summed E-state index contributed by atoms with van der Waals surface area (Å²) in [5.41, 5.74) is 5.22. The lowest BCUT2D eigenvalue weighted by Gasteiger charge is -2.55. The van der Waals surface area contributed by atoms with Gasteiger partial charge in [0.25, 0.3) is 0 Å². The van der Waals surface area contributed by atoms with Crippen LogP contribution >= 0.6 is 0 Å². The molecule has 2 N–H and O–H groups in total. The fraction of sp³-hybridized carbons (Fsp3) is 0.929. The number of hydrogen-bond acceptors (Lipinski definition) is 3. The largest absolute Gasteiger partial charge is 0.446 e. The summed E-state index contributed by atoms with van der Waals surface area (Å²) < 4.78 is 5.23. The first kappa shape index (κ1) is 15.3. The Bertz CT molecular complexity index is 282. The van der Waals surface area contributed by atoms with E-state index in [1.807, 2.05) is 0 Å². The summed E-state index contributed by atoms with van der Waals surface area (Å²) >= 11 is 0. The third kappa shape index (κ3) is 3.61. The number of primary amides is 1. The van der Waals surface area contributed by atoms with E-state index in [1.54, 1.807) is 0 Å². The molecule has 1 fully saturated rings. The van der Waals surface area contributed by atoms with Crippen LogP contribution in [0.3, 0.4) is 0 Å². The molecule has 1 aliphatic heterocycles. The summed E-state index contributed by atoms with van der Waals surface area (Å²) in [6.07, 6.45) is 3.38. The Hall–Kier alpha value is -0.770. The van der Waals surface area contributed by atoms with E-state index in [0.29, 0.717) is 0 Å². The topological polar surface area (TPSA) is 55.6 Å². The summed E-state index contributed by atoms with van der Waals surface area (Å²) in [6.45, 7) is 12.2. The molecule has 0 saturated carbocycles. The van der Waals surface area contributed by atoms with Gasteiger partial charge >= 0.3 is 6.09 Å². The maximum Gasteiger partial charge on any atom is 0.404 e. The highest BCUT2D eigenvalue weighted by Crippen LogP contribution is 2.39. The van der Waals surface area contributed by atoms with Gasteiger partial charge in [0.05, 0.1) is 0 Å². The molecule has 0 aromatic rings. The van der Waals surface area contributed by atoms with Crippen molar-refractivity contribution in [3.8, 4) is 0 Å². The molecule has 0 bridgehead atoms. The van der Waals surface area contributed by atoms with E-state index in [9.17, 15) is 4.79 Å². The molecule has 0 radical (unpaired) electrons. The van der Waals surface area contributed by atoms with Gasteiger partial charge in [-0.3, -0.25) is 4.90 Å². The summed E-state index contributed by atoms with van der Waals surface area (Å²) in [4.78, 5) is 13.5. The molecular weight excluding hydrogens is 228 g/mol. The number of piperidine rings is 1. The molecule has 0 aromatic heterocycles. The van der Waals surface area contributed by atoms with Crippen molar-refractivity contribution in [2.75, 3.05) is 6.54 Å². The quantitative estimate of drug-likeness (QED) is 0.841. The molecule has 1 heterocycles. The van der Waals surface area contributed by atoms with Crippen LogP contribution in [-0.4, -0.2) is 34.7 Å². The Balaban J connectivity index is 2.80. The zero-order valence-electron chi connectivity index (χ0n) is 12.5. The Morgan fingerprint density at radius 1 is 1.28 bits per heavy atom. The number of amides is 1. The van der Waals surface area contributed by atoms with Crippen molar-refractivity contribution in [3.05, 3.63) is 0 Å². The monoisotopic (exact) mass is 256 g/mol. The lowest BCUT2D eigenvalue weighted by molar-refractivity contribution is -0.0825. The first-order valence-electron chi connectivity index (χ1n) is 6.93. The minimum absolute atomic E-state index is 0.0387. The van der Waals surface area contributed by atoms with Crippen LogP contribution in [0.2, 0.25) is 0 Å². The molecule has 0 aromatic carbocycles. The Morgan fingerprint density at radius 2 is 1.78 bits per heavy atom. The number of hydrogen-bond donors (Lipinski definition) is 1. The maximum atomic E-state index is 10.9. The van der Waals surface area contributed by atoms with Gasteiger partial charge in [0, 0.05) is 23.9 Å². The smallest absolute Gasteiger partial charge is 0.404 e. The summed E-state index contributed by atoms with van der Waals surface area (Å²) in [6, 6.07) is 0. The molecule has 1 rings (SSSR count). The summed E-state index contributed by atoms with van der Waals surface area (Å²) in [5, 5.41) is 0. The zero-order chi connectivity index (χ0) is 14.0. The summed E-state index contributed by atoms with van der Waals surface area (Å²) in [7, 11) is 0. The Kier molecular flexibility index (Phi) is 4.65. The maximum absolute atomic E-state index is 10.9. The second kappa shape index (κ2) is 5.47. The average molecular weight is 256 g/mol. The van der Waals surface area contributed by atoms with Crippen molar-refractivity contribution in [1.82, 2.24) is 4.90 Å². The van der Waals surface area contributed by atoms with Crippen molar-refractivity contribution in [3.63, 3.8) is 0 Å². The minimum atomic E-state index is -0.659. The molecule has 0 spiro atoms. The molecule has 4 heteroatoms. The number of nitrogens with two attached hydrogens (primary N) is 1. The van der Waals surface area contributed by atoms with Gasteiger partial charge in [-0.2, -0.15) is 0 Å². The first-order valence-corrected chi connectivity index (χ1v) is 6.93. The van der Waals surface area contributed by atoms with Crippen molar-refractivity contribution in [2.24, 2.45) is 5.73 Å². The van der Waals surface area contributed by atoms with Crippen molar-refractivity contribution in [2.45, 2.75) is 77.5 Å². The molecule has 0 unspecified atom stereocenters. The second-order valence-corrected chi connectivity index (χ2v) is 6.60. The van der Waals surface area contributed by atoms with Crippen LogP contribution in [0.1, 0.15) is 60.3 Å². The van der Waals surface area contributed by atoms with Crippen LogP contribution in [0.5, 0.6) is 0 Å². The number of carbonyl (C=O) groups is 1. The molecule has 106 valence electrons. The van der Waals surface area contributed by atoms with Gasteiger partial charge in [0.1, 0.15) is 6.10 Å². The number of rotatable bonds is 4. The van der Waals surface area contributed by atoms with Gasteiger partial charge in [-0.05, 0) is 40.7 Å². The highest BCUT2D eigenvalue weighted by atomic mass is 16.6. The van der Waals surface area contributed by atoms with Gasteiger partial charge in [0.15, 0.2) is 0 Å². The van der Waals surface area contributed by atoms with Crippen LogP contribution in [0, 0.1) is 0 Å². The molecule has 0 aliphatic carbocycles. The average Bonchev–Trinajstić information content (AvgIpc) is 2.12. The predicted molar refractivity (Wildman–Crippen MR) is 73.5 cm³/mol. The highest BCUT2D eigenvalue weighted by molar-refractivity contribution is 5.64. The van der Waals surface area contributed by atoms with Gasteiger partial charge in [-0.15, -0.1) is 0 Å². The van der Waals surface area contributed by atoms with Crippen LogP contribution in [-0.2, 0) is 4.74 Å². The Labute approximate surface area is 111 Å². The van der Waals surface area contributed by atoms with Gasteiger partial charge < -0.3 is 10.5 Å². The number of unbranched alkanes of at least 4 members (excludes halogenated alkanes) is 1. The SMILES string of the molecule is CCCCN1C(C)(C)CC(OC(N)=O)CC1(C)C. The van der Waals surface area contributed by atoms with Crippen molar-refractivity contribution < 1.29 is 9.53 Å². The molecule has 4 nitrogen and oxygen atoms in total. The van der Waals surface area contributed by atoms with Gasteiger partial charge in [-0.25, -0.2) is 4.79 Å². The number of likely N-dealkylation sites (tertiary alicyclic amines) is 1. The lowest BCUT2D eigenvalue weighted by Crippen LogP contribution is -2.62. The highest BCUT2D eigenvalue weighted by Gasteiger charge is 2.45. The van der Waals surface area contributed by atoms with Crippen LogP contribution in [0.15, 0.2) is 0 Å². The zero-order valence-corrected chi connectivity index (χ0v) is 12.5. The van der Waals surface area contributed by atoms with E-state index < -0.39 is 6.09 Å². The first-order chi connectivity index (χ1) is 8.19. The van der Waals surface area contributed by atoms with Crippen LogP contribution in [0.25, 0.3) is 0 Å². The number of ether oxygens (including phenoxy) is 1. The lowest BCUT2D eigenvalue weighted by atomic mass is 9.78. The standard InChI is InChI=1S/C14H28N2O2/c1-6-7-8-16-13(2,3)9-11(18-12(15)17)10-14(16,4)5/h11H,6-10H2,1-5H3,(H2,15,17). The van der Waals surface area contributed by atoms with E-state index in [-0.39, 0.29) is 17.2 Å². The van der Waals surface area contributed by atoms with Crippen LogP contribution < -0.4 is 5.73 Å². The molecule has 18 heavy (non-hydrogen) atoms. The van der Waals surface area contributed by atoms with Crippen LogP contribution in [0.4, 0.5) is 4.79 Å². The third-order valence-electron chi connectivity index (χ3n) is 3.93. The van der Waals surface area contributed by atoms with E-state index in [1.165, 1.54) is 12.8 Å². The number of nitrogens with zero attached hydrogens (tertiary/aromatic N) is 1. The third-order valence-corrected chi connectivity index (χ3v) is 3.93. The minimum Gasteiger partial charge on any atom is -0.446 e. The van der Waals surface area contributed by atoms with Crippen molar-refractivity contribution >= 4 is 6.09 Å². The fourth-order valence-corrected chi connectivity index (χ4v) is 3.40. The fourth-order valence-electron chi connectivity index (χ4n) is 3.40. The second-order valence-electron chi connectivity index (χ2n) is 6.60. The molecule has 0 atom stereocenters. The summed E-state index contributed by atoms with van der Waals surface area (Å²) in [5.74, 6) is 0. The van der Waals surface area contributed by atoms with E-state index in [2.05, 4.69) is 39.5 Å². The van der Waals surface area contributed by atoms with Crippen molar-refractivity contribution in [1.29, 1.82) is 0 Å². The molecule has 1 amide bonds. The molecular formula is C14H28N2O2. The molecule has 1 aliphatic rings. The van der Waals surface area contributed by atoms with E-state index in [0.717, 1.165) is 19.4 Å².